The van der Waals surface area contributed by atoms with Crippen molar-refractivity contribution in [3.05, 3.63) is 0 Å². The van der Waals surface area contributed by atoms with Crippen molar-refractivity contribution in [1.29, 1.82) is 0 Å². The van der Waals surface area contributed by atoms with E-state index in [1.54, 1.807) is 6.92 Å². The highest BCUT2D eigenvalue weighted by atomic mass is 16.3. The molecular weight excluding hydrogens is 178 g/mol. The minimum atomic E-state index is -0.746. The Labute approximate surface area is 86.6 Å². The minimum absolute atomic E-state index is 0.348. The lowest BCUT2D eigenvalue weighted by atomic mass is 10.1. The van der Waals surface area contributed by atoms with Gasteiger partial charge in [-0.15, -0.1) is 0 Å². The number of aliphatic imine (C=N–C) groups is 1. The third kappa shape index (κ3) is 6.71. The monoisotopic (exact) mass is 201 g/mol. The average molecular weight is 201 g/mol. The van der Waals surface area contributed by atoms with Crippen molar-refractivity contribution < 1.29 is 5.11 Å². The van der Waals surface area contributed by atoms with Crippen LogP contribution in [-0.2, 0) is 0 Å². The lowest BCUT2D eigenvalue weighted by Gasteiger charge is -2.18. The van der Waals surface area contributed by atoms with Gasteiger partial charge in [0.25, 0.3) is 0 Å². The fourth-order valence-corrected chi connectivity index (χ4v) is 0.732. The zero-order valence-electron chi connectivity index (χ0n) is 9.67. The summed E-state index contributed by atoms with van der Waals surface area (Å²) >= 11 is 0. The van der Waals surface area contributed by atoms with E-state index < -0.39 is 5.60 Å². The molecule has 0 aliphatic rings. The van der Waals surface area contributed by atoms with Crippen molar-refractivity contribution in [2.75, 3.05) is 13.1 Å². The van der Waals surface area contributed by atoms with E-state index in [2.05, 4.69) is 24.2 Å². The van der Waals surface area contributed by atoms with Crippen molar-refractivity contribution in [2.45, 2.75) is 39.7 Å². The van der Waals surface area contributed by atoms with Crippen LogP contribution in [0, 0.1) is 5.92 Å². The first-order valence-corrected chi connectivity index (χ1v) is 5.13. The van der Waals surface area contributed by atoms with Gasteiger partial charge in [-0.3, -0.25) is 4.99 Å². The molecule has 0 aromatic rings. The molecule has 4 heteroatoms. The molecule has 14 heavy (non-hydrogen) atoms. The zero-order chi connectivity index (χ0) is 11.2. The molecule has 0 aliphatic carbocycles. The fourth-order valence-electron chi connectivity index (χ4n) is 0.732. The van der Waals surface area contributed by atoms with Gasteiger partial charge in [-0.25, -0.2) is 0 Å². The number of rotatable bonds is 5. The van der Waals surface area contributed by atoms with E-state index in [9.17, 15) is 5.11 Å². The van der Waals surface area contributed by atoms with Crippen LogP contribution in [0.15, 0.2) is 4.99 Å². The molecule has 0 aromatic carbocycles. The third-order valence-electron chi connectivity index (χ3n) is 2.04. The van der Waals surface area contributed by atoms with E-state index in [-0.39, 0.29) is 0 Å². The van der Waals surface area contributed by atoms with E-state index in [1.165, 1.54) is 0 Å². The number of nitrogens with one attached hydrogen (secondary N) is 1. The number of nitrogens with zero attached hydrogens (tertiary/aromatic N) is 1. The van der Waals surface area contributed by atoms with Gasteiger partial charge in [0, 0.05) is 6.54 Å². The average Bonchev–Trinajstić information content (AvgIpc) is 2.11. The van der Waals surface area contributed by atoms with Crippen molar-refractivity contribution >= 4 is 5.96 Å². The number of hydrogen-bond donors (Lipinski definition) is 3. The van der Waals surface area contributed by atoms with Crippen LogP contribution in [0.4, 0.5) is 0 Å². The van der Waals surface area contributed by atoms with Crippen molar-refractivity contribution in [3.8, 4) is 0 Å². The highest BCUT2D eigenvalue weighted by Crippen LogP contribution is 2.07. The summed E-state index contributed by atoms with van der Waals surface area (Å²) in [5.74, 6) is 0.947. The van der Waals surface area contributed by atoms with Gasteiger partial charge in [0.05, 0.1) is 12.1 Å². The maximum Gasteiger partial charge on any atom is 0.188 e. The van der Waals surface area contributed by atoms with Crippen molar-refractivity contribution in [2.24, 2.45) is 16.6 Å². The van der Waals surface area contributed by atoms with Crippen LogP contribution in [0.5, 0.6) is 0 Å². The second-order valence-corrected chi connectivity index (χ2v) is 4.33. The summed E-state index contributed by atoms with van der Waals surface area (Å²) in [5, 5.41) is 12.7. The molecule has 4 N–H and O–H groups in total. The van der Waals surface area contributed by atoms with Crippen LogP contribution in [0.3, 0.4) is 0 Å². The molecule has 1 unspecified atom stereocenters. The van der Waals surface area contributed by atoms with Crippen LogP contribution in [-0.4, -0.2) is 29.8 Å². The first-order chi connectivity index (χ1) is 6.37. The van der Waals surface area contributed by atoms with Gasteiger partial charge in [0.1, 0.15) is 0 Å². The Morgan fingerprint density at radius 1 is 1.57 bits per heavy atom. The van der Waals surface area contributed by atoms with E-state index in [4.69, 9.17) is 5.73 Å². The van der Waals surface area contributed by atoms with Crippen molar-refractivity contribution in [1.82, 2.24) is 5.32 Å². The largest absolute Gasteiger partial charge is 0.388 e. The van der Waals surface area contributed by atoms with Gasteiger partial charge >= 0.3 is 0 Å². The van der Waals surface area contributed by atoms with Crippen LogP contribution >= 0.6 is 0 Å². The predicted molar refractivity (Wildman–Crippen MR) is 60.2 cm³/mol. The smallest absolute Gasteiger partial charge is 0.188 e. The molecule has 84 valence electrons. The van der Waals surface area contributed by atoms with E-state index in [0.29, 0.717) is 24.8 Å². The standard InChI is InChI=1S/C10H23N3O/c1-5-10(4,14)7-13-9(11)12-6-8(2)3/h8,14H,5-7H2,1-4H3,(H3,11,12,13). The molecule has 4 nitrogen and oxygen atoms in total. The molecule has 0 fully saturated rings. The Morgan fingerprint density at radius 3 is 2.57 bits per heavy atom. The van der Waals surface area contributed by atoms with Crippen LogP contribution in [0.25, 0.3) is 0 Å². The van der Waals surface area contributed by atoms with E-state index >= 15 is 0 Å². The topological polar surface area (TPSA) is 70.6 Å². The van der Waals surface area contributed by atoms with Gasteiger partial charge < -0.3 is 16.2 Å². The van der Waals surface area contributed by atoms with Gasteiger partial charge in [0.2, 0.25) is 0 Å². The molecule has 0 aromatic heterocycles. The summed E-state index contributed by atoms with van der Waals surface area (Å²) < 4.78 is 0. The Hall–Kier alpha value is -0.770. The van der Waals surface area contributed by atoms with E-state index in [0.717, 1.165) is 6.54 Å². The van der Waals surface area contributed by atoms with E-state index in [1.807, 2.05) is 6.92 Å². The van der Waals surface area contributed by atoms with Crippen LogP contribution in [0.1, 0.15) is 34.1 Å². The number of aliphatic hydroxyl groups is 1. The molecule has 0 saturated heterocycles. The van der Waals surface area contributed by atoms with Gasteiger partial charge in [-0.05, 0) is 19.3 Å². The maximum absolute atomic E-state index is 9.66. The predicted octanol–water partition coefficient (Wildman–Crippen LogP) is 0.708. The highest BCUT2D eigenvalue weighted by molar-refractivity contribution is 5.77. The van der Waals surface area contributed by atoms with Crippen LogP contribution in [0.2, 0.25) is 0 Å². The Bertz CT molecular complexity index is 188. The Morgan fingerprint density at radius 2 is 2.14 bits per heavy atom. The Balaban J connectivity index is 3.88. The summed E-state index contributed by atoms with van der Waals surface area (Å²) in [4.78, 5) is 4.07. The quantitative estimate of drug-likeness (QED) is 0.453. The summed E-state index contributed by atoms with van der Waals surface area (Å²) in [6, 6.07) is 0. The first-order valence-electron chi connectivity index (χ1n) is 5.13. The van der Waals surface area contributed by atoms with Gasteiger partial charge in [-0.2, -0.15) is 0 Å². The maximum atomic E-state index is 9.66. The van der Waals surface area contributed by atoms with Crippen molar-refractivity contribution in [3.63, 3.8) is 0 Å². The molecule has 0 amide bonds. The molecule has 1 atom stereocenters. The number of nitrogens with two attached hydrogens (primary N) is 1. The summed E-state index contributed by atoms with van der Waals surface area (Å²) in [7, 11) is 0. The number of hydrogen-bond acceptors (Lipinski definition) is 2. The lowest BCUT2D eigenvalue weighted by Crippen LogP contribution is -2.36. The zero-order valence-corrected chi connectivity index (χ0v) is 9.67. The molecule has 0 spiro atoms. The molecule has 0 radical (unpaired) electrons. The second-order valence-electron chi connectivity index (χ2n) is 4.33. The minimum Gasteiger partial charge on any atom is -0.388 e. The summed E-state index contributed by atoms with van der Waals surface area (Å²) in [6.45, 7) is 9.04. The lowest BCUT2D eigenvalue weighted by molar-refractivity contribution is 0.0657. The summed E-state index contributed by atoms with van der Waals surface area (Å²) in [5.41, 5.74) is 4.87. The molecule has 0 aliphatic heterocycles. The molecular formula is C10H23N3O. The molecule has 0 heterocycles. The molecule has 0 bridgehead atoms. The molecule has 0 rings (SSSR count). The third-order valence-corrected chi connectivity index (χ3v) is 2.04. The second kappa shape index (κ2) is 5.86. The summed E-state index contributed by atoms with van der Waals surface area (Å²) in [6.07, 6.45) is 0.675. The normalized spacial score (nSPS) is 16.9. The first kappa shape index (κ1) is 13.2. The molecule has 0 saturated carbocycles. The Kier molecular flexibility index (Phi) is 5.53. The van der Waals surface area contributed by atoms with Gasteiger partial charge in [-0.1, -0.05) is 20.8 Å². The SMILES string of the molecule is CCC(C)(O)CN=C(N)NCC(C)C. The van der Waals surface area contributed by atoms with Crippen LogP contribution < -0.4 is 11.1 Å². The van der Waals surface area contributed by atoms with Gasteiger partial charge in [0.15, 0.2) is 5.96 Å². The highest BCUT2D eigenvalue weighted by Gasteiger charge is 2.16. The fraction of sp³-hybridized carbons (Fsp3) is 0.900. The number of guanidine groups is 1.